The highest BCUT2D eigenvalue weighted by molar-refractivity contribution is 9.10. The van der Waals surface area contributed by atoms with Gasteiger partial charge in [-0.15, -0.1) is 0 Å². The summed E-state index contributed by atoms with van der Waals surface area (Å²) in [6.45, 7) is 0.205. The zero-order chi connectivity index (χ0) is 24.9. The molecule has 0 saturated carbocycles. The molecule has 1 aliphatic heterocycles. The van der Waals surface area contributed by atoms with Crippen LogP contribution in [0.2, 0.25) is 10.0 Å². The molecule has 3 aromatic carbocycles. The van der Waals surface area contributed by atoms with Crippen molar-refractivity contribution >= 4 is 73.7 Å². The number of methoxy groups -OCH3 is 1. The lowest BCUT2D eigenvalue weighted by Crippen LogP contribution is -2.19. The fourth-order valence-electron chi connectivity index (χ4n) is 3.15. The Morgan fingerprint density at radius 2 is 1.97 bits per heavy atom. The van der Waals surface area contributed by atoms with Crippen LogP contribution in [0.5, 0.6) is 11.5 Å². The first-order chi connectivity index (χ1) is 16.9. The number of nitriles is 1. The standard InChI is InChI=1S/C25H16BrCl2N3O3S/c1-33-20-9-16(17(26)11-21(20)34-13-15-6-3-2-5-14(15)12-29)10-22-24(32)31-25(35-22)30-19-8-4-7-18(27)23(19)28/h2-11H,13H2,1H3,(H,30,31,32)/b22-10+. The summed E-state index contributed by atoms with van der Waals surface area (Å²) in [6.07, 6.45) is 1.73. The minimum absolute atomic E-state index is 0.205. The molecule has 0 aromatic heterocycles. The molecule has 10 heteroatoms. The van der Waals surface area contributed by atoms with Crippen molar-refractivity contribution in [2.24, 2.45) is 4.99 Å². The van der Waals surface area contributed by atoms with Crippen LogP contribution in [0.15, 0.2) is 69.0 Å². The number of nitrogens with zero attached hydrogens (tertiary/aromatic N) is 2. The maximum absolute atomic E-state index is 12.5. The molecule has 0 spiro atoms. The van der Waals surface area contributed by atoms with Gasteiger partial charge >= 0.3 is 0 Å². The molecule has 6 nitrogen and oxygen atoms in total. The lowest BCUT2D eigenvalue weighted by molar-refractivity contribution is -0.115. The zero-order valence-corrected chi connectivity index (χ0v) is 22.1. The van der Waals surface area contributed by atoms with Gasteiger partial charge in [0, 0.05) is 10.0 Å². The molecule has 35 heavy (non-hydrogen) atoms. The third kappa shape index (κ3) is 5.82. The van der Waals surface area contributed by atoms with Crippen LogP contribution in [0.25, 0.3) is 6.08 Å². The molecule has 3 aromatic rings. The van der Waals surface area contributed by atoms with Crippen LogP contribution in [0.4, 0.5) is 5.69 Å². The quantitative estimate of drug-likeness (QED) is 0.310. The highest BCUT2D eigenvalue weighted by atomic mass is 79.9. The number of amidine groups is 1. The second kappa shape index (κ2) is 11.2. The summed E-state index contributed by atoms with van der Waals surface area (Å²) >= 11 is 17.0. The van der Waals surface area contributed by atoms with Crippen molar-refractivity contribution in [3.8, 4) is 17.6 Å². The van der Waals surface area contributed by atoms with E-state index in [2.05, 4.69) is 32.3 Å². The molecule has 0 radical (unpaired) electrons. The molecule has 0 aliphatic carbocycles. The van der Waals surface area contributed by atoms with Gasteiger partial charge < -0.3 is 14.8 Å². The Bertz CT molecular complexity index is 1420. The molecule has 4 rings (SSSR count). The summed E-state index contributed by atoms with van der Waals surface area (Å²) in [5, 5.41) is 13.1. The Kier molecular flexibility index (Phi) is 8.04. The Labute approximate surface area is 224 Å². The highest BCUT2D eigenvalue weighted by Gasteiger charge is 2.25. The summed E-state index contributed by atoms with van der Waals surface area (Å²) in [4.78, 5) is 17.4. The van der Waals surface area contributed by atoms with E-state index in [-0.39, 0.29) is 12.5 Å². The van der Waals surface area contributed by atoms with E-state index in [9.17, 15) is 10.1 Å². The third-order valence-electron chi connectivity index (χ3n) is 4.89. The maximum atomic E-state index is 12.5. The molecule has 1 amide bonds. The predicted octanol–water partition coefficient (Wildman–Crippen LogP) is 7.11. The summed E-state index contributed by atoms with van der Waals surface area (Å²) in [5.74, 6) is 0.694. The molecule has 0 unspecified atom stereocenters. The number of carbonyl (C=O) groups excluding carboxylic acids is 1. The number of thioether (sulfide) groups is 1. The fraction of sp³-hybridized carbons (Fsp3) is 0.0800. The van der Waals surface area contributed by atoms with E-state index in [0.29, 0.717) is 52.9 Å². The Hall–Kier alpha value is -2.96. The zero-order valence-electron chi connectivity index (χ0n) is 18.1. The number of halogens is 3. The van der Waals surface area contributed by atoms with Crippen LogP contribution < -0.4 is 14.8 Å². The molecule has 1 N–H and O–H groups in total. The summed E-state index contributed by atoms with van der Waals surface area (Å²) in [6, 6.07) is 18.0. The highest BCUT2D eigenvalue weighted by Crippen LogP contribution is 2.38. The van der Waals surface area contributed by atoms with Gasteiger partial charge in [-0.3, -0.25) is 4.79 Å². The van der Waals surface area contributed by atoms with Gasteiger partial charge in [0.15, 0.2) is 16.7 Å². The van der Waals surface area contributed by atoms with Crippen molar-refractivity contribution in [1.82, 2.24) is 5.32 Å². The largest absolute Gasteiger partial charge is 0.493 e. The van der Waals surface area contributed by atoms with Crippen molar-refractivity contribution in [3.63, 3.8) is 0 Å². The second-order valence-corrected chi connectivity index (χ2v) is 9.81. The smallest absolute Gasteiger partial charge is 0.264 e. The maximum Gasteiger partial charge on any atom is 0.264 e. The van der Waals surface area contributed by atoms with Crippen LogP contribution in [0, 0.1) is 11.3 Å². The molecule has 176 valence electrons. The Morgan fingerprint density at radius 3 is 2.74 bits per heavy atom. The minimum Gasteiger partial charge on any atom is -0.493 e. The van der Waals surface area contributed by atoms with E-state index < -0.39 is 0 Å². The van der Waals surface area contributed by atoms with Crippen molar-refractivity contribution in [3.05, 3.63) is 90.7 Å². The van der Waals surface area contributed by atoms with E-state index in [1.54, 1.807) is 48.5 Å². The fourth-order valence-corrected chi connectivity index (χ4v) is 4.75. The van der Waals surface area contributed by atoms with Crippen LogP contribution in [-0.2, 0) is 11.4 Å². The third-order valence-corrected chi connectivity index (χ3v) is 7.30. The predicted molar refractivity (Wildman–Crippen MR) is 143 cm³/mol. The average Bonchev–Trinajstić information content (AvgIpc) is 3.20. The van der Waals surface area contributed by atoms with E-state index in [1.807, 2.05) is 12.1 Å². The average molecular weight is 589 g/mol. The number of nitrogens with one attached hydrogen (secondary N) is 1. The molecule has 1 heterocycles. The van der Waals surface area contributed by atoms with Gasteiger partial charge in [-0.2, -0.15) is 5.26 Å². The van der Waals surface area contributed by atoms with Gasteiger partial charge in [-0.25, -0.2) is 4.99 Å². The number of hydrogen-bond donors (Lipinski definition) is 1. The molecule has 1 fully saturated rings. The lowest BCUT2D eigenvalue weighted by Gasteiger charge is -2.13. The van der Waals surface area contributed by atoms with Crippen LogP contribution in [0.3, 0.4) is 0 Å². The SMILES string of the molecule is COc1cc(/C=C2/SC(=Nc3cccc(Cl)c3Cl)NC2=O)c(Br)cc1OCc1ccccc1C#N. The van der Waals surface area contributed by atoms with Gasteiger partial charge in [0.2, 0.25) is 0 Å². The topological polar surface area (TPSA) is 83.7 Å². The first-order valence-corrected chi connectivity index (χ1v) is 12.5. The van der Waals surface area contributed by atoms with E-state index in [1.165, 1.54) is 18.9 Å². The van der Waals surface area contributed by atoms with Gasteiger partial charge in [0.05, 0.1) is 39.4 Å². The number of carbonyl (C=O) groups is 1. The number of aliphatic imine (C=N–C) groups is 1. The first-order valence-electron chi connectivity index (χ1n) is 10.1. The number of ether oxygens (including phenoxy) is 2. The summed E-state index contributed by atoms with van der Waals surface area (Å²) < 4.78 is 12.1. The van der Waals surface area contributed by atoms with E-state index in [4.69, 9.17) is 32.7 Å². The summed E-state index contributed by atoms with van der Waals surface area (Å²) in [7, 11) is 1.53. The van der Waals surface area contributed by atoms with Gasteiger partial charge in [0.25, 0.3) is 5.91 Å². The monoisotopic (exact) mass is 587 g/mol. The molecule has 1 aliphatic rings. The number of benzene rings is 3. The number of amides is 1. The van der Waals surface area contributed by atoms with E-state index in [0.717, 1.165) is 5.56 Å². The molecular formula is C25H16BrCl2N3O3S. The number of rotatable bonds is 6. The molecule has 0 bridgehead atoms. The molecule has 1 saturated heterocycles. The van der Waals surface area contributed by atoms with Gasteiger partial charge in [0.1, 0.15) is 6.61 Å². The second-order valence-electron chi connectivity index (χ2n) is 7.14. The van der Waals surface area contributed by atoms with Crippen molar-refractivity contribution in [2.45, 2.75) is 6.61 Å². The summed E-state index contributed by atoms with van der Waals surface area (Å²) in [5.41, 5.74) is 2.49. The van der Waals surface area contributed by atoms with Gasteiger partial charge in [-0.1, -0.05) is 63.4 Å². The lowest BCUT2D eigenvalue weighted by atomic mass is 10.1. The van der Waals surface area contributed by atoms with Crippen molar-refractivity contribution in [1.29, 1.82) is 5.26 Å². The molecule has 0 atom stereocenters. The Balaban J connectivity index is 1.57. The van der Waals surface area contributed by atoms with Crippen LogP contribution >= 0.6 is 50.9 Å². The normalized spacial score (nSPS) is 15.2. The van der Waals surface area contributed by atoms with Crippen LogP contribution in [0.1, 0.15) is 16.7 Å². The van der Waals surface area contributed by atoms with Crippen LogP contribution in [-0.4, -0.2) is 18.2 Å². The Morgan fingerprint density at radius 1 is 1.17 bits per heavy atom. The molecular weight excluding hydrogens is 573 g/mol. The number of hydrogen-bond acceptors (Lipinski definition) is 6. The minimum atomic E-state index is -0.286. The first kappa shape index (κ1) is 25.1. The van der Waals surface area contributed by atoms with Gasteiger partial charge in [-0.05, 0) is 53.7 Å². The van der Waals surface area contributed by atoms with E-state index >= 15 is 0 Å². The van der Waals surface area contributed by atoms with Crippen molar-refractivity contribution < 1.29 is 14.3 Å². The van der Waals surface area contributed by atoms with Crippen molar-refractivity contribution in [2.75, 3.05) is 7.11 Å².